The lowest BCUT2D eigenvalue weighted by atomic mass is 10.0. The molecule has 0 spiro atoms. The monoisotopic (exact) mass is 357 g/mol. The second kappa shape index (κ2) is 8.31. The fraction of sp³-hybridized carbons (Fsp3) is 0.526. The normalized spacial score (nSPS) is 18.1. The first-order chi connectivity index (χ1) is 12.5. The second-order valence-electron chi connectivity index (χ2n) is 7.09. The van der Waals surface area contributed by atoms with Crippen molar-refractivity contribution in [3.8, 4) is 0 Å². The van der Waals surface area contributed by atoms with Crippen LogP contribution >= 0.6 is 0 Å². The molecular formula is C19H27N5O2. The van der Waals surface area contributed by atoms with Crippen LogP contribution in [0.3, 0.4) is 0 Å². The summed E-state index contributed by atoms with van der Waals surface area (Å²) in [5.74, 6) is 0.774. The van der Waals surface area contributed by atoms with Gasteiger partial charge in [-0.05, 0) is 43.0 Å². The molecule has 1 atom stereocenters. The molecule has 0 saturated carbocycles. The average molecular weight is 357 g/mol. The molecule has 26 heavy (non-hydrogen) atoms. The predicted molar refractivity (Wildman–Crippen MR) is 100 cm³/mol. The van der Waals surface area contributed by atoms with Gasteiger partial charge in [-0.3, -0.25) is 9.69 Å². The molecule has 1 aliphatic rings. The second-order valence-corrected chi connectivity index (χ2v) is 7.09. The molecule has 1 aromatic heterocycles. The third-order valence-corrected chi connectivity index (χ3v) is 4.71. The summed E-state index contributed by atoms with van der Waals surface area (Å²) in [6.07, 6.45) is 2.24. The zero-order valence-corrected chi connectivity index (χ0v) is 15.7. The van der Waals surface area contributed by atoms with Crippen molar-refractivity contribution >= 4 is 11.6 Å². The minimum absolute atomic E-state index is 0.0828. The van der Waals surface area contributed by atoms with E-state index in [1.807, 2.05) is 0 Å². The Bertz CT molecular complexity index is 726. The van der Waals surface area contributed by atoms with Gasteiger partial charge in [0.15, 0.2) is 0 Å². The average Bonchev–Trinajstić information content (AvgIpc) is 3.10. The molecule has 0 radical (unpaired) electrons. The summed E-state index contributed by atoms with van der Waals surface area (Å²) >= 11 is 0. The van der Waals surface area contributed by atoms with E-state index in [1.165, 1.54) is 5.56 Å². The largest absolute Gasteiger partial charge is 0.381 e. The highest BCUT2D eigenvalue weighted by Crippen LogP contribution is 2.20. The molecule has 1 fully saturated rings. The Morgan fingerprint density at radius 2 is 2.12 bits per heavy atom. The molecule has 2 aromatic rings. The highest BCUT2D eigenvalue weighted by atomic mass is 16.5. The van der Waals surface area contributed by atoms with Gasteiger partial charge in [-0.1, -0.05) is 31.1 Å². The van der Waals surface area contributed by atoms with Crippen molar-refractivity contribution in [3.63, 3.8) is 0 Å². The van der Waals surface area contributed by atoms with Gasteiger partial charge in [0.05, 0.1) is 6.54 Å². The van der Waals surface area contributed by atoms with Gasteiger partial charge in [0, 0.05) is 25.3 Å². The van der Waals surface area contributed by atoms with Crippen LogP contribution in [0.5, 0.6) is 0 Å². The van der Waals surface area contributed by atoms with Gasteiger partial charge in [0.2, 0.25) is 5.89 Å². The van der Waals surface area contributed by atoms with Crippen molar-refractivity contribution in [2.24, 2.45) is 0 Å². The first-order valence-corrected chi connectivity index (χ1v) is 9.18. The van der Waals surface area contributed by atoms with Gasteiger partial charge in [-0.25, -0.2) is 0 Å². The minimum atomic E-state index is -0.331. The molecule has 2 heterocycles. The number of piperidine rings is 1. The van der Waals surface area contributed by atoms with E-state index in [4.69, 9.17) is 4.52 Å². The topological polar surface area (TPSA) is 83.3 Å². The zero-order chi connectivity index (χ0) is 18.5. The summed E-state index contributed by atoms with van der Waals surface area (Å²) in [4.78, 5) is 18.0. The number of hydrogen-bond donors (Lipinski definition) is 2. The molecule has 7 heteroatoms. The number of aromatic nitrogens is 2. The van der Waals surface area contributed by atoms with Crippen LogP contribution in [0.25, 0.3) is 0 Å². The number of carbonyl (C=O) groups is 1. The number of nitrogens with zero attached hydrogens (tertiary/aromatic N) is 3. The van der Waals surface area contributed by atoms with Crippen molar-refractivity contribution in [2.75, 3.05) is 25.5 Å². The summed E-state index contributed by atoms with van der Waals surface area (Å²) in [6.45, 7) is 6.86. The Morgan fingerprint density at radius 3 is 2.81 bits per heavy atom. The summed E-state index contributed by atoms with van der Waals surface area (Å²) in [5.41, 5.74) is 2.50. The molecule has 0 bridgehead atoms. The first-order valence-electron chi connectivity index (χ1n) is 9.18. The maximum absolute atomic E-state index is 11.5. The number of carbonyl (C=O) groups excluding carboxylic acids is 1. The molecule has 1 saturated heterocycles. The number of nitrogens with one attached hydrogen (secondary N) is 2. The maximum Gasteiger partial charge on any atom is 0.292 e. The number of hydrogen-bond acceptors (Lipinski definition) is 6. The van der Waals surface area contributed by atoms with E-state index in [-0.39, 0.29) is 11.7 Å². The quantitative estimate of drug-likeness (QED) is 0.827. The Balaban J connectivity index is 1.55. The molecule has 1 aromatic carbocycles. The van der Waals surface area contributed by atoms with Crippen LogP contribution in [0.15, 0.2) is 28.8 Å². The molecule has 140 valence electrons. The van der Waals surface area contributed by atoms with Crippen molar-refractivity contribution in [1.82, 2.24) is 20.4 Å². The Hall–Kier alpha value is -2.41. The molecule has 3 rings (SSSR count). The Morgan fingerprint density at radius 1 is 1.35 bits per heavy atom. The number of rotatable bonds is 6. The van der Waals surface area contributed by atoms with Crippen molar-refractivity contribution in [3.05, 3.63) is 41.5 Å². The van der Waals surface area contributed by atoms with E-state index >= 15 is 0 Å². The summed E-state index contributed by atoms with van der Waals surface area (Å²) in [7, 11) is 1.55. The van der Waals surface area contributed by atoms with Crippen molar-refractivity contribution in [2.45, 2.75) is 45.2 Å². The lowest BCUT2D eigenvalue weighted by Crippen LogP contribution is -2.41. The van der Waals surface area contributed by atoms with E-state index in [1.54, 1.807) is 7.05 Å². The minimum Gasteiger partial charge on any atom is -0.381 e. The zero-order valence-electron chi connectivity index (χ0n) is 15.7. The Labute approximate surface area is 154 Å². The summed E-state index contributed by atoms with van der Waals surface area (Å²) in [5, 5.41) is 9.84. The third-order valence-electron chi connectivity index (χ3n) is 4.71. The highest BCUT2D eigenvalue weighted by molar-refractivity contribution is 5.89. The standard InChI is InChI=1S/C19H27N5O2/c1-13(2)14-6-8-15(9-7-14)21-16-5-4-10-24(11-16)12-17-22-18(23-26-17)19(25)20-3/h6-9,13,16,21H,4-5,10-12H2,1-3H3,(H,20,25)/t16-/m1/s1. The number of amides is 1. The fourth-order valence-electron chi connectivity index (χ4n) is 3.23. The lowest BCUT2D eigenvalue weighted by molar-refractivity contribution is 0.0950. The van der Waals surface area contributed by atoms with Crippen molar-refractivity contribution in [1.29, 1.82) is 0 Å². The number of benzene rings is 1. The van der Waals surface area contributed by atoms with E-state index < -0.39 is 0 Å². The van der Waals surface area contributed by atoms with Gasteiger partial charge in [-0.15, -0.1) is 0 Å². The van der Waals surface area contributed by atoms with Crippen LogP contribution in [0.2, 0.25) is 0 Å². The van der Waals surface area contributed by atoms with Gasteiger partial charge in [-0.2, -0.15) is 4.98 Å². The first kappa shape index (κ1) is 18.4. The molecule has 7 nitrogen and oxygen atoms in total. The van der Waals surface area contributed by atoms with Crippen LogP contribution in [0, 0.1) is 0 Å². The smallest absolute Gasteiger partial charge is 0.292 e. The predicted octanol–water partition coefficient (Wildman–Crippen LogP) is 2.63. The molecule has 2 N–H and O–H groups in total. The molecule has 0 aliphatic carbocycles. The number of likely N-dealkylation sites (tertiary alicyclic amines) is 1. The fourth-order valence-corrected chi connectivity index (χ4v) is 3.23. The Kier molecular flexibility index (Phi) is 5.88. The van der Waals surface area contributed by atoms with Gasteiger partial charge in [0.1, 0.15) is 0 Å². The summed E-state index contributed by atoms with van der Waals surface area (Å²) in [6, 6.07) is 9.07. The van der Waals surface area contributed by atoms with E-state index in [9.17, 15) is 4.79 Å². The van der Waals surface area contributed by atoms with Crippen molar-refractivity contribution < 1.29 is 9.32 Å². The SMILES string of the molecule is CNC(=O)c1noc(CN2CCC[C@@H](Nc3ccc(C(C)C)cc3)C2)n1. The van der Waals surface area contributed by atoms with Crippen LogP contribution in [-0.2, 0) is 6.54 Å². The molecule has 1 aliphatic heterocycles. The van der Waals surface area contributed by atoms with E-state index in [0.717, 1.165) is 31.6 Å². The van der Waals surface area contributed by atoms with E-state index in [2.05, 4.69) is 63.8 Å². The lowest BCUT2D eigenvalue weighted by Gasteiger charge is -2.32. The van der Waals surface area contributed by atoms with Gasteiger partial charge >= 0.3 is 0 Å². The van der Waals surface area contributed by atoms with Crippen LogP contribution in [0.1, 0.15) is 54.7 Å². The number of anilines is 1. The van der Waals surface area contributed by atoms with Crippen LogP contribution < -0.4 is 10.6 Å². The molecule has 1 amide bonds. The molecule has 0 unspecified atom stereocenters. The van der Waals surface area contributed by atoms with Crippen LogP contribution in [-0.4, -0.2) is 47.1 Å². The molecular weight excluding hydrogens is 330 g/mol. The highest BCUT2D eigenvalue weighted by Gasteiger charge is 2.22. The summed E-state index contributed by atoms with van der Waals surface area (Å²) < 4.78 is 5.20. The van der Waals surface area contributed by atoms with Crippen LogP contribution in [0.4, 0.5) is 5.69 Å². The third kappa shape index (κ3) is 4.60. The van der Waals surface area contributed by atoms with E-state index in [0.29, 0.717) is 24.4 Å². The van der Waals surface area contributed by atoms with Gasteiger partial charge < -0.3 is 15.2 Å². The maximum atomic E-state index is 11.5. The van der Waals surface area contributed by atoms with Gasteiger partial charge in [0.25, 0.3) is 11.7 Å².